The lowest BCUT2D eigenvalue weighted by molar-refractivity contribution is -0.116. The van der Waals surface area contributed by atoms with Crippen LogP contribution in [-0.2, 0) is 17.6 Å². The molecule has 2 aromatic heterocycles. The molecule has 0 radical (unpaired) electrons. The normalized spacial score (nSPS) is 16.9. The van der Waals surface area contributed by atoms with E-state index < -0.39 is 0 Å². The second kappa shape index (κ2) is 8.67. The number of carbonyl (C=O) groups excluding carboxylic acids is 1. The number of nitrogens with one attached hydrogen (secondary N) is 1. The molecule has 6 rings (SSSR count). The molecule has 0 bridgehead atoms. The number of hydrogen-bond donors (Lipinski definition) is 1. The summed E-state index contributed by atoms with van der Waals surface area (Å²) >= 11 is 3.25. The summed E-state index contributed by atoms with van der Waals surface area (Å²) in [7, 11) is 0. The highest BCUT2D eigenvalue weighted by Gasteiger charge is 2.30. The lowest BCUT2D eigenvalue weighted by atomic mass is 9.97. The van der Waals surface area contributed by atoms with Crippen molar-refractivity contribution < 1.29 is 4.79 Å². The van der Waals surface area contributed by atoms with Crippen LogP contribution in [0, 0.1) is 6.92 Å². The van der Waals surface area contributed by atoms with Gasteiger partial charge in [-0.05, 0) is 74.6 Å². The number of nitrogens with zero attached hydrogens (tertiary/aromatic N) is 3. The average molecular weight is 489 g/mol. The summed E-state index contributed by atoms with van der Waals surface area (Å²) in [4.78, 5) is 35.4. The fourth-order valence-corrected chi connectivity index (χ4v) is 6.97. The topological polar surface area (TPSA) is 76.9 Å². The zero-order valence-corrected chi connectivity index (χ0v) is 20.5. The Kier molecular flexibility index (Phi) is 5.50. The molecular weight excluding hydrogens is 464 g/mol. The molecule has 8 heteroatoms. The Morgan fingerprint density at radius 1 is 1.12 bits per heavy atom. The number of carbonyl (C=O) groups is 1. The van der Waals surface area contributed by atoms with Crippen LogP contribution in [0.3, 0.4) is 0 Å². The van der Waals surface area contributed by atoms with Crippen molar-refractivity contribution in [2.45, 2.75) is 50.2 Å². The number of thiazole rings is 1. The highest BCUT2D eigenvalue weighted by atomic mass is 32.2. The lowest BCUT2D eigenvalue weighted by Gasteiger charge is -2.18. The molecule has 34 heavy (non-hydrogen) atoms. The first-order valence-corrected chi connectivity index (χ1v) is 13.4. The van der Waals surface area contributed by atoms with E-state index in [1.807, 2.05) is 24.3 Å². The third-order valence-corrected chi connectivity index (χ3v) is 8.67. The van der Waals surface area contributed by atoms with Gasteiger partial charge in [0.2, 0.25) is 5.91 Å². The van der Waals surface area contributed by atoms with Crippen LogP contribution in [-0.4, -0.2) is 26.2 Å². The van der Waals surface area contributed by atoms with E-state index in [0.29, 0.717) is 5.75 Å². The summed E-state index contributed by atoms with van der Waals surface area (Å²) in [5, 5.41) is 4.72. The monoisotopic (exact) mass is 488 g/mol. The molecule has 2 aliphatic rings. The number of amides is 1. The van der Waals surface area contributed by atoms with Gasteiger partial charge >= 0.3 is 0 Å². The van der Waals surface area contributed by atoms with Gasteiger partial charge in [-0.25, -0.2) is 9.97 Å². The standard InChI is InChI=1S/C26H24N4O2S2/c1-15-6-11-21-22(12-15)34-24(28-21)16-7-9-17(10-8-16)27-23(31)13-18-14-33-26-29-20-5-3-2-4-19(20)25(32)30(18)26/h6-12,18H,2-5,13-14H2,1H3,(H,27,31). The summed E-state index contributed by atoms with van der Waals surface area (Å²) in [5.41, 5.74) is 5.86. The molecule has 0 spiro atoms. The SMILES string of the molecule is Cc1ccc2nc(-c3ccc(NC(=O)CC4CSc5nc6c(c(=O)n54)CCCC6)cc3)sc2c1. The second-order valence-corrected chi connectivity index (χ2v) is 11.0. The predicted octanol–water partition coefficient (Wildman–Crippen LogP) is 5.38. The van der Waals surface area contributed by atoms with E-state index in [-0.39, 0.29) is 23.9 Å². The zero-order chi connectivity index (χ0) is 23.2. The Morgan fingerprint density at radius 3 is 2.79 bits per heavy atom. The van der Waals surface area contributed by atoms with Gasteiger partial charge in [0.15, 0.2) is 5.16 Å². The Hall–Kier alpha value is -2.97. The molecule has 1 aliphatic heterocycles. The third-order valence-electron chi connectivity index (χ3n) is 6.50. The molecule has 172 valence electrons. The van der Waals surface area contributed by atoms with Crippen LogP contribution in [0.15, 0.2) is 52.4 Å². The molecule has 0 fully saturated rings. The minimum atomic E-state index is -0.155. The zero-order valence-electron chi connectivity index (χ0n) is 18.8. The molecular formula is C26H24N4O2S2. The third kappa shape index (κ3) is 3.95. The number of rotatable bonds is 4. The van der Waals surface area contributed by atoms with Gasteiger partial charge < -0.3 is 5.32 Å². The minimum Gasteiger partial charge on any atom is -0.326 e. The fourth-order valence-electron chi connectivity index (χ4n) is 4.74. The van der Waals surface area contributed by atoms with Crippen LogP contribution in [0.25, 0.3) is 20.8 Å². The van der Waals surface area contributed by atoms with E-state index in [1.165, 1.54) is 10.3 Å². The highest BCUT2D eigenvalue weighted by Crippen LogP contribution is 2.34. The van der Waals surface area contributed by atoms with Crippen molar-refractivity contribution in [3.05, 3.63) is 69.6 Å². The first-order chi connectivity index (χ1) is 16.5. The summed E-state index contributed by atoms with van der Waals surface area (Å²) in [6, 6.07) is 13.9. The van der Waals surface area contributed by atoms with Crippen LogP contribution >= 0.6 is 23.1 Å². The molecule has 1 aliphatic carbocycles. The number of thioether (sulfide) groups is 1. The van der Waals surface area contributed by atoms with Crippen molar-refractivity contribution in [2.75, 3.05) is 11.1 Å². The molecule has 3 heterocycles. The van der Waals surface area contributed by atoms with E-state index >= 15 is 0 Å². The summed E-state index contributed by atoms with van der Waals surface area (Å²) < 4.78 is 2.93. The van der Waals surface area contributed by atoms with Crippen molar-refractivity contribution in [2.24, 2.45) is 0 Å². The molecule has 0 saturated heterocycles. The van der Waals surface area contributed by atoms with Crippen molar-refractivity contribution in [1.29, 1.82) is 0 Å². The molecule has 1 unspecified atom stereocenters. The lowest BCUT2D eigenvalue weighted by Crippen LogP contribution is -2.32. The van der Waals surface area contributed by atoms with Crippen LogP contribution in [0.5, 0.6) is 0 Å². The van der Waals surface area contributed by atoms with E-state index in [0.717, 1.165) is 63.9 Å². The molecule has 1 N–H and O–H groups in total. The molecule has 1 atom stereocenters. The van der Waals surface area contributed by atoms with Gasteiger partial charge in [0, 0.05) is 29.0 Å². The van der Waals surface area contributed by atoms with E-state index in [1.54, 1.807) is 27.7 Å². The van der Waals surface area contributed by atoms with Gasteiger partial charge in [0.05, 0.1) is 22.0 Å². The van der Waals surface area contributed by atoms with Crippen LogP contribution in [0.1, 0.15) is 42.1 Å². The van der Waals surface area contributed by atoms with Crippen molar-refractivity contribution in [3.8, 4) is 10.6 Å². The van der Waals surface area contributed by atoms with E-state index in [4.69, 9.17) is 9.97 Å². The maximum atomic E-state index is 13.1. The van der Waals surface area contributed by atoms with E-state index in [9.17, 15) is 9.59 Å². The Bertz CT molecular complexity index is 1470. The fraction of sp³-hybridized carbons (Fsp3) is 0.308. The highest BCUT2D eigenvalue weighted by molar-refractivity contribution is 7.99. The molecule has 6 nitrogen and oxygen atoms in total. The number of aromatic nitrogens is 3. The van der Waals surface area contributed by atoms with Gasteiger partial charge in [0.1, 0.15) is 5.01 Å². The first kappa shape index (κ1) is 21.6. The second-order valence-electron chi connectivity index (χ2n) is 8.99. The first-order valence-electron chi connectivity index (χ1n) is 11.6. The van der Waals surface area contributed by atoms with Gasteiger partial charge in [-0.15, -0.1) is 11.3 Å². The Balaban J connectivity index is 1.16. The van der Waals surface area contributed by atoms with Crippen molar-refractivity contribution in [1.82, 2.24) is 14.5 Å². The summed E-state index contributed by atoms with van der Waals surface area (Å²) in [6.07, 6.45) is 4.08. The summed E-state index contributed by atoms with van der Waals surface area (Å²) in [5.74, 6) is 0.612. The van der Waals surface area contributed by atoms with Crippen molar-refractivity contribution >= 4 is 44.9 Å². The molecule has 1 amide bonds. The smallest absolute Gasteiger partial charge is 0.257 e. The van der Waals surface area contributed by atoms with E-state index in [2.05, 4.69) is 30.4 Å². The number of anilines is 1. The molecule has 2 aromatic carbocycles. The number of benzene rings is 2. The molecule has 4 aromatic rings. The number of fused-ring (bicyclic) bond motifs is 3. The summed E-state index contributed by atoms with van der Waals surface area (Å²) in [6.45, 7) is 2.08. The maximum absolute atomic E-state index is 13.1. The largest absolute Gasteiger partial charge is 0.326 e. The van der Waals surface area contributed by atoms with Crippen LogP contribution in [0.4, 0.5) is 5.69 Å². The maximum Gasteiger partial charge on any atom is 0.257 e. The average Bonchev–Trinajstić information content (AvgIpc) is 3.43. The van der Waals surface area contributed by atoms with Gasteiger partial charge in [-0.2, -0.15) is 0 Å². The van der Waals surface area contributed by atoms with Gasteiger partial charge in [0.25, 0.3) is 5.56 Å². The van der Waals surface area contributed by atoms with Gasteiger partial charge in [-0.1, -0.05) is 17.8 Å². The van der Waals surface area contributed by atoms with Crippen molar-refractivity contribution in [3.63, 3.8) is 0 Å². The minimum absolute atomic E-state index is 0.0536. The molecule has 0 saturated carbocycles. The van der Waals surface area contributed by atoms with Crippen LogP contribution < -0.4 is 10.9 Å². The Labute approximate surface area is 205 Å². The number of aryl methyl sites for hydroxylation is 2. The van der Waals surface area contributed by atoms with Gasteiger partial charge in [-0.3, -0.25) is 14.2 Å². The Morgan fingerprint density at radius 2 is 1.94 bits per heavy atom. The number of hydrogen-bond acceptors (Lipinski definition) is 6. The predicted molar refractivity (Wildman–Crippen MR) is 138 cm³/mol. The quantitative estimate of drug-likeness (QED) is 0.390. The van der Waals surface area contributed by atoms with Crippen LogP contribution in [0.2, 0.25) is 0 Å².